The molecule has 1 heterocycles. The van der Waals surface area contributed by atoms with E-state index in [1.807, 2.05) is 0 Å². The Morgan fingerprint density at radius 1 is 1.04 bits per heavy atom. The molecule has 0 bridgehead atoms. The maximum Gasteiger partial charge on any atom is 0.251 e. The molecule has 6 heteroatoms. The van der Waals surface area contributed by atoms with E-state index in [9.17, 15) is 14.0 Å². The lowest BCUT2D eigenvalue weighted by molar-refractivity contribution is -0.116. The second-order valence-electron chi connectivity index (χ2n) is 7.13. The summed E-state index contributed by atoms with van der Waals surface area (Å²) in [6.45, 7) is 2.19. The van der Waals surface area contributed by atoms with Gasteiger partial charge in [0.25, 0.3) is 5.91 Å². The molecule has 0 saturated carbocycles. The van der Waals surface area contributed by atoms with Gasteiger partial charge in [-0.2, -0.15) is 0 Å². The maximum atomic E-state index is 13.6. The molecule has 1 saturated heterocycles. The van der Waals surface area contributed by atoms with Crippen LogP contribution in [-0.2, 0) is 11.3 Å². The molecule has 148 valence electrons. The van der Waals surface area contributed by atoms with Crippen LogP contribution >= 0.6 is 0 Å². The van der Waals surface area contributed by atoms with Gasteiger partial charge in [-0.25, -0.2) is 4.39 Å². The molecule has 0 spiro atoms. The summed E-state index contributed by atoms with van der Waals surface area (Å²) >= 11 is 0. The van der Waals surface area contributed by atoms with E-state index in [0.717, 1.165) is 32.4 Å². The van der Waals surface area contributed by atoms with Crippen LogP contribution in [0.2, 0.25) is 0 Å². The van der Waals surface area contributed by atoms with Gasteiger partial charge in [-0.3, -0.25) is 9.59 Å². The zero-order valence-corrected chi connectivity index (χ0v) is 15.8. The number of hydrogen-bond acceptors (Lipinski definition) is 3. The second-order valence-corrected chi connectivity index (χ2v) is 7.13. The third-order valence-electron chi connectivity index (χ3n) is 5.07. The molecule has 1 aliphatic heterocycles. The van der Waals surface area contributed by atoms with E-state index in [2.05, 4.69) is 16.0 Å². The molecule has 0 aromatic heterocycles. The summed E-state index contributed by atoms with van der Waals surface area (Å²) in [5, 5.41) is 8.90. The summed E-state index contributed by atoms with van der Waals surface area (Å²) in [7, 11) is 0. The van der Waals surface area contributed by atoms with Crippen molar-refractivity contribution in [2.24, 2.45) is 5.92 Å². The van der Waals surface area contributed by atoms with Crippen molar-refractivity contribution in [1.29, 1.82) is 0 Å². The predicted octanol–water partition coefficient (Wildman–Crippen LogP) is 3.47. The van der Waals surface area contributed by atoms with Crippen LogP contribution in [0.15, 0.2) is 48.5 Å². The van der Waals surface area contributed by atoms with E-state index in [-0.39, 0.29) is 24.2 Å². The summed E-state index contributed by atoms with van der Waals surface area (Å²) < 4.78 is 13.6. The lowest BCUT2D eigenvalue weighted by Gasteiger charge is -2.22. The van der Waals surface area contributed by atoms with Gasteiger partial charge >= 0.3 is 0 Å². The number of hydrogen-bond donors (Lipinski definition) is 3. The zero-order valence-electron chi connectivity index (χ0n) is 15.8. The first-order chi connectivity index (χ1) is 13.6. The van der Waals surface area contributed by atoms with Gasteiger partial charge in [-0.15, -0.1) is 0 Å². The fourth-order valence-corrected chi connectivity index (χ4v) is 3.35. The minimum atomic E-state index is -0.342. The molecule has 0 atom stereocenters. The van der Waals surface area contributed by atoms with Crippen molar-refractivity contribution < 1.29 is 14.0 Å². The second kappa shape index (κ2) is 9.99. The number of carbonyl (C=O) groups is 2. The highest BCUT2D eigenvalue weighted by atomic mass is 19.1. The zero-order chi connectivity index (χ0) is 19.8. The number of anilines is 1. The largest absolute Gasteiger partial charge is 0.348 e. The van der Waals surface area contributed by atoms with Crippen LogP contribution in [0, 0.1) is 11.7 Å². The van der Waals surface area contributed by atoms with Crippen LogP contribution in [0.4, 0.5) is 10.1 Å². The molecule has 3 rings (SSSR count). The highest BCUT2D eigenvalue weighted by Gasteiger charge is 2.14. The summed E-state index contributed by atoms with van der Waals surface area (Å²) in [6.07, 6.45) is 3.67. The molecule has 1 fully saturated rings. The molecular formula is C22H26FN3O2. The van der Waals surface area contributed by atoms with Gasteiger partial charge in [0.15, 0.2) is 0 Å². The molecule has 5 nitrogen and oxygen atoms in total. The van der Waals surface area contributed by atoms with Crippen LogP contribution in [0.3, 0.4) is 0 Å². The van der Waals surface area contributed by atoms with Crippen molar-refractivity contribution in [3.8, 4) is 0 Å². The van der Waals surface area contributed by atoms with E-state index >= 15 is 0 Å². The summed E-state index contributed by atoms with van der Waals surface area (Å²) in [4.78, 5) is 24.3. The number of benzene rings is 2. The summed E-state index contributed by atoms with van der Waals surface area (Å²) in [5.41, 5.74) is 1.57. The van der Waals surface area contributed by atoms with Gasteiger partial charge < -0.3 is 16.0 Å². The van der Waals surface area contributed by atoms with E-state index in [1.54, 1.807) is 42.5 Å². The molecule has 2 aromatic rings. The molecule has 0 aliphatic carbocycles. The average Bonchev–Trinajstić information content (AvgIpc) is 2.73. The van der Waals surface area contributed by atoms with Crippen molar-refractivity contribution in [3.05, 3.63) is 65.5 Å². The summed E-state index contributed by atoms with van der Waals surface area (Å²) in [5.74, 6) is -0.0137. The molecule has 0 radical (unpaired) electrons. The normalized spacial score (nSPS) is 14.5. The van der Waals surface area contributed by atoms with Crippen molar-refractivity contribution >= 4 is 17.5 Å². The van der Waals surface area contributed by atoms with Gasteiger partial charge in [-0.1, -0.05) is 18.2 Å². The molecule has 1 aliphatic rings. The minimum Gasteiger partial charge on any atom is -0.348 e. The highest BCUT2D eigenvalue weighted by molar-refractivity contribution is 5.95. The first kappa shape index (κ1) is 20.0. The fraction of sp³-hybridized carbons (Fsp3) is 0.364. The third-order valence-corrected chi connectivity index (χ3v) is 5.07. The van der Waals surface area contributed by atoms with Gasteiger partial charge in [0.2, 0.25) is 5.91 Å². The SMILES string of the molecule is O=C(CCC1CCNCC1)Nc1ccc(C(=O)NCc2ccccc2F)cc1. The van der Waals surface area contributed by atoms with Gasteiger partial charge in [-0.05, 0) is 68.6 Å². The molecular weight excluding hydrogens is 357 g/mol. The Kier molecular flexibility index (Phi) is 7.14. The van der Waals surface area contributed by atoms with Crippen LogP contribution in [0.1, 0.15) is 41.6 Å². The van der Waals surface area contributed by atoms with E-state index in [4.69, 9.17) is 0 Å². The summed E-state index contributed by atoms with van der Waals surface area (Å²) in [6, 6.07) is 13.1. The number of nitrogens with one attached hydrogen (secondary N) is 3. The molecule has 2 aromatic carbocycles. The van der Waals surface area contributed by atoms with Gasteiger partial charge in [0.1, 0.15) is 5.82 Å². The Morgan fingerprint density at radius 3 is 2.46 bits per heavy atom. The lowest BCUT2D eigenvalue weighted by atomic mass is 9.93. The predicted molar refractivity (Wildman–Crippen MR) is 107 cm³/mol. The van der Waals surface area contributed by atoms with Crippen molar-refractivity contribution in [3.63, 3.8) is 0 Å². The first-order valence-electron chi connectivity index (χ1n) is 9.74. The topological polar surface area (TPSA) is 70.2 Å². The third kappa shape index (κ3) is 5.89. The van der Waals surface area contributed by atoms with Crippen LogP contribution in [-0.4, -0.2) is 24.9 Å². The molecule has 0 unspecified atom stereocenters. The first-order valence-corrected chi connectivity index (χ1v) is 9.74. The highest BCUT2D eigenvalue weighted by Crippen LogP contribution is 2.18. The van der Waals surface area contributed by atoms with Crippen LogP contribution < -0.4 is 16.0 Å². The van der Waals surface area contributed by atoms with Crippen LogP contribution in [0.25, 0.3) is 0 Å². The number of carbonyl (C=O) groups excluding carboxylic acids is 2. The number of amides is 2. The standard InChI is InChI=1S/C22H26FN3O2/c23-20-4-2-1-3-18(20)15-25-22(28)17-6-8-19(9-7-17)26-21(27)10-5-16-11-13-24-14-12-16/h1-4,6-9,16,24H,5,10-15H2,(H,25,28)(H,26,27). The Morgan fingerprint density at radius 2 is 1.75 bits per heavy atom. The minimum absolute atomic E-state index is 0.00436. The Labute approximate surface area is 164 Å². The monoisotopic (exact) mass is 383 g/mol. The van der Waals surface area contributed by atoms with Gasteiger partial charge in [0.05, 0.1) is 0 Å². The smallest absolute Gasteiger partial charge is 0.251 e. The maximum absolute atomic E-state index is 13.6. The van der Waals surface area contributed by atoms with Crippen molar-refractivity contribution in [1.82, 2.24) is 10.6 Å². The molecule has 3 N–H and O–H groups in total. The Hall–Kier alpha value is -2.73. The number of piperidine rings is 1. The average molecular weight is 383 g/mol. The fourth-order valence-electron chi connectivity index (χ4n) is 3.35. The Balaban J connectivity index is 1.45. The van der Waals surface area contributed by atoms with E-state index in [0.29, 0.717) is 29.2 Å². The van der Waals surface area contributed by atoms with E-state index in [1.165, 1.54) is 6.07 Å². The van der Waals surface area contributed by atoms with Crippen LogP contribution in [0.5, 0.6) is 0 Å². The van der Waals surface area contributed by atoms with Crippen molar-refractivity contribution in [2.45, 2.75) is 32.2 Å². The van der Waals surface area contributed by atoms with E-state index < -0.39 is 0 Å². The van der Waals surface area contributed by atoms with Crippen molar-refractivity contribution in [2.75, 3.05) is 18.4 Å². The molecule has 28 heavy (non-hydrogen) atoms. The lowest BCUT2D eigenvalue weighted by Crippen LogP contribution is -2.28. The number of halogens is 1. The molecule has 2 amide bonds. The van der Waals surface area contributed by atoms with Gasteiger partial charge in [0, 0.05) is 29.8 Å². The quantitative estimate of drug-likeness (QED) is 0.686. The number of rotatable bonds is 7. The Bertz CT molecular complexity index is 802.